The Morgan fingerprint density at radius 1 is 0.806 bits per heavy atom. The van der Waals surface area contributed by atoms with Gasteiger partial charge in [-0.05, 0) is 74.8 Å². The number of fused-ring (bicyclic) bond motifs is 5. The number of pyridine rings is 1. The Morgan fingerprint density at radius 2 is 1.52 bits per heavy atom. The number of benzene rings is 2. The molecule has 3 fully saturated rings. The van der Waals surface area contributed by atoms with E-state index in [2.05, 4.69) is 31.2 Å². The molecule has 0 spiro atoms. The maximum atomic E-state index is 14.8. The third kappa shape index (κ3) is 18.8. The molecule has 8 amide bonds. The topological polar surface area (TPSA) is 364 Å². The highest BCUT2D eigenvalue weighted by atomic mass is 16.6. The van der Waals surface area contributed by atoms with E-state index in [1.165, 1.54) is 58.0 Å². The van der Waals surface area contributed by atoms with Crippen molar-refractivity contribution in [1.29, 1.82) is 0 Å². The van der Waals surface area contributed by atoms with Gasteiger partial charge in [0.05, 0.1) is 12.5 Å². The highest BCUT2D eigenvalue weighted by molar-refractivity contribution is 6.02. The van der Waals surface area contributed by atoms with Crippen molar-refractivity contribution < 1.29 is 81.6 Å². The van der Waals surface area contributed by atoms with Crippen LogP contribution in [0.2, 0.25) is 0 Å². The minimum atomic E-state index is -1.68. The number of cyclic esters (lactones) is 2. The summed E-state index contributed by atoms with van der Waals surface area (Å²) >= 11 is 0. The number of nitrogens with zero attached hydrogens (tertiary/aromatic N) is 6. The third-order valence-corrected chi connectivity index (χ3v) is 17.4. The number of rotatable bonds is 7. The molecule has 9 rings (SSSR count). The Hall–Kier alpha value is -10.4. The summed E-state index contributed by atoms with van der Waals surface area (Å²) in [5.74, 6) is -8.36. The maximum Gasteiger partial charge on any atom is 0.355 e. The predicted octanol–water partition coefficient (Wildman–Crippen LogP) is 3.86. The van der Waals surface area contributed by atoms with Crippen LogP contribution in [0.25, 0.3) is 0 Å². The number of ketones is 2. The number of esters is 2. The second-order valence-corrected chi connectivity index (χ2v) is 25.0. The average molecular weight is 1350 g/mol. The maximum absolute atomic E-state index is 14.8. The predicted molar refractivity (Wildman–Crippen MR) is 352 cm³/mol. The minimum absolute atomic E-state index is 0.0315. The molecule has 6 N–H and O–H groups in total. The number of aliphatic hydroxyl groups is 1. The molecule has 10 atom stereocenters. The van der Waals surface area contributed by atoms with E-state index in [4.69, 9.17) is 13.9 Å². The molecule has 0 aliphatic carbocycles. The minimum Gasteiger partial charge on any atom is -0.505 e. The zero-order valence-electron chi connectivity index (χ0n) is 55.8. The van der Waals surface area contributed by atoms with E-state index in [1.807, 2.05) is 26.8 Å². The van der Waals surface area contributed by atoms with E-state index in [0.717, 1.165) is 17.4 Å². The molecule has 7 heterocycles. The molecule has 98 heavy (non-hydrogen) atoms. The Bertz CT molecular complexity index is 3750. The summed E-state index contributed by atoms with van der Waals surface area (Å²) in [7, 11) is 1.47. The summed E-state index contributed by atoms with van der Waals surface area (Å²) < 4.78 is 17.0. The number of ether oxygens (including phenoxy) is 2. The van der Waals surface area contributed by atoms with Crippen LogP contribution in [0, 0.1) is 11.8 Å². The Balaban J connectivity index is 0.000000277. The van der Waals surface area contributed by atoms with E-state index < -0.39 is 119 Å². The van der Waals surface area contributed by atoms with Crippen LogP contribution in [0.3, 0.4) is 0 Å². The Kier molecular flexibility index (Phi) is 25.4. The molecule has 27 nitrogen and oxygen atoms in total. The molecule has 3 saturated heterocycles. The number of oxazole rings is 1. The van der Waals surface area contributed by atoms with Gasteiger partial charge in [0.15, 0.2) is 17.4 Å². The van der Waals surface area contributed by atoms with E-state index in [1.54, 1.807) is 98.8 Å². The number of carbonyl (C=O) groups is 12. The molecular weight excluding hydrogens is 1260 g/mol. The lowest BCUT2D eigenvalue weighted by molar-refractivity contribution is -0.157. The van der Waals surface area contributed by atoms with Gasteiger partial charge < -0.3 is 65.0 Å². The number of nitrogens with one attached hydrogen (secondary N) is 4. The van der Waals surface area contributed by atoms with Crippen LogP contribution in [0.1, 0.15) is 131 Å². The van der Waals surface area contributed by atoms with E-state index in [-0.39, 0.29) is 123 Å². The average Bonchev–Trinajstić information content (AvgIpc) is 1.08. The van der Waals surface area contributed by atoms with Crippen LogP contribution in [0.5, 0.6) is 5.75 Å². The zero-order chi connectivity index (χ0) is 70.9. The Labute approximate surface area is 567 Å². The largest absolute Gasteiger partial charge is 0.505 e. The molecule has 27 heteroatoms. The summed E-state index contributed by atoms with van der Waals surface area (Å²) in [6.07, 6.45) is 9.72. The van der Waals surface area contributed by atoms with Gasteiger partial charge in [0.2, 0.25) is 41.3 Å². The molecule has 5 aliphatic rings. The fraction of sp³-hybridized carbons (Fsp3) is 0.437. The normalized spacial score (nSPS) is 26.7. The molecule has 0 saturated carbocycles. The molecule has 2 aromatic heterocycles. The van der Waals surface area contributed by atoms with Crippen LogP contribution in [-0.2, 0) is 70.3 Å². The van der Waals surface area contributed by atoms with E-state index in [0.29, 0.717) is 12.8 Å². The highest BCUT2D eigenvalue weighted by Gasteiger charge is 2.46. The van der Waals surface area contributed by atoms with Crippen LogP contribution < -0.4 is 21.3 Å². The van der Waals surface area contributed by atoms with Gasteiger partial charge in [0, 0.05) is 71.0 Å². The number of likely N-dealkylation sites (N-methyl/N-ethyl adjacent to an activating group) is 1. The molecule has 4 aromatic rings. The third-order valence-electron chi connectivity index (χ3n) is 17.4. The second-order valence-electron chi connectivity index (χ2n) is 25.0. The van der Waals surface area contributed by atoms with Crippen molar-refractivity contribution in [3.8, 4) is 5.75 Å². The van der Waals surface area contributed by atoms with Crippen molar-refractivity contribution >= 4 is 70.8 Å². The van der Waals surface area contributed by atoms with Crippen molar-refractivity contribution in [3.63, 3.8) is 0 Å². The molecule has 5 aliphatic heterocycles. The lowest BCUT2D eigenvalue weighted by Crippen LogP contribution is -2.61. The van der Waals surface area contributed by atoms with Crippen molar-refractivity contribution in [3.05, 3.63) is 161 Å². The monoisotopic (exact) mass is 1350 g/mol. The van der Waals surface area contributed by atoms with Gasteiger partial charge in [0.25, 0.3) is 11.8 Å². The standard InChI is InChI=1S/C43H49N7O10.C28H35N3O7/c1-4-29-40(56)49-21-12-17-30(49)41(57)48(3)32(23-26-13-7-5-8-14-26)42(58)50-22-19-28(51)24-31(50)37(53)47-35(27-15-9-6-10-16-27)43(59)60-25(2)34(38(54)45-29)46-39(55)36-33(52)18-11-20-44-36;1-17(2)26-19(4)9-10-24(34)29-11-5-7-18(3)13-20(32)14-21(33)15-25-30-22(16-37-25)27(35)31-12-6-8-23(31)28(36)38-26/h5-11,13-16,18,20,25,29-32,34-35,52H,4,12,17,19,21-24H2,1-3H3,(H,45,54)(H,46,55)(H,47,53);5,7-10,13,16-17,19-20,26,32H,6,11-12,14-15H2,1-4H3,(H,29,34)/b;7-5+,10-9+,18-13+/t25-,29-,30+,31+,32?,34+,35+;19-,20-,26-/m11/s1. The van der Waals surface area contributed by atoms with Crippen LogP contribution in [0.15, 0.2) is 137 Å². The van der Waals surface area contributed by atoms with Crippen molar-refractivity contribution in [1.82, 2.24) is 50.8 Å². The van der Waals surface area contributed by atoms with E-state index in [9.17, 15) is 67.7 Å². The molecule has 0 radical (unpaired) electrons. The first-order chi connectivity index (χ1) is 46.8. The van der Waals surface area contributed by atoms with Crippen molar-refractivity contribution in [2.24, 2.45) is 11.8 Å². The molecule has 2 bridgehead atoms. The summed E-state index contributed by atoms with van der Waals surface area (Å²) in [6, 6.07) is 11.7. The number of carbonyl (C=O) groups excluding carboxylic acids is 12. The van der Waals surface area contributed by atoms with Crippen LogP contribution in [-0.4, -0.2) is 192 Å². The Morgan fingerprint density at radius 3 is 2.22 bits per heavy atom. The number of hydrogen-bond donors (Lipinski definition) is 6. The second kappa shape index (κ2) is 34.0. The van der Waals surface area contributed by atoms with Gasteiger partial charge in [-0.1, -0.05) is 124 Å². The number of Topliss-reactive ketones (excluding diaryl/α,β-unsaturated/α-hetero) is 2. The number of aliphatic hydroxyl groups excluding tert-OH is 1. The number of piperidine rings is 1. The van der Waals surface area contributed by atoms with Gasteiger partial charge in [-0.25, -0.2) is 19.6 Å². The van der Waals surface area contributed by atoms with Gasteiger partial charge >= 0.3 is 11.9 Å². The first kappa shape index (κ1) is 73.4. The number of hydrogen-bond acceptors (Lipinski definition) is 19. The summed E-state index contributed by atoms with van der Waals surface area (Å²) in [5, 5.41) is 31.2. The van der Waals surface area contributed by atoms with E-state index >= 15 is 0 Å². The first-order valence-electron chi connectivity index (χ1n) is 32.8. The lowest BCUT2D eigenvalue weighted by Gasteiger charge is -2.40. The molecular formula is C71H84N10O17. The fourth-order valence-corrected chi connectivity index (χ4v) is 12.2. The smallest absolute Gasteiger partial charge is 0.355 e. The summed E-state index contributed by atoms with van der Waals surface area (Å²) in [4.78, 5) is 177. The molecule has 2 aromatic carbocycles. The van der Waals surface area contributed by atoms with Gasteiger partial charge in [-0.3, -0.25) is 47.9 Å². The number of allylic oxidation sites excluding steroid dienone is 2. The van der Waals surface area contributed by atoms with Gasteiger partial charge in [-0.2, -0.15) is 0 Å². The van der Waals surface area contributed by atoms with Crippen molar-refractivity contribution in [2.45, 2.75) is 154 Å². The SMILES string of the molecule is CC1=C\[C@@H](O)CC(=O)Cc2nc(co2)C(=O)N2CCC=C2C(=O)O[C@H](C(C)C)[C@H](C)/C=C/C(=O)NC\C=C\1.CC[C@H]1NC(=O)[C@@H](NC(=O)c2ncccc2O)[C@@H](C)OC(=O)[C@H](c2ccccc2)NC(=O)[C@@H]2CC(=O)CCN2C(=O)C(Cc2ccccc2)N(C)C(=O)[C@@H]2CCCN2C1=O. The quantitative estimate of drug-likeness (QED) is 0.143. The summed E-state index contributed by atoms with van der Waals surface area (Å²) in [5.41, 5.74) is 1.37. The van der Waals surface area contributed by atoms with Gasteiger partial charge in [-0.15, -0.1) is 0 Å². The molecule has 520 valence electrons. The van der Waals surface area contributed by atoms with Crippen LogP contribution in [0.4, 0.5) is 0 Å². The lowest BCUT2D eigenvalue weighted by atomic mass is 9.94. The van der Waals surface area contributed by atoms with Gasteiger partial charge in [0.1, 0.15) is 71.7 Å². The fourth-order valence-electron chi connectivity index (χ4n) is 12.2. The molecule has 1 unspecified atom stereocenters. The van der Waals surface area contributed by atoms with Crippen molar-refractivity contribution in [2.75, 3.05) is 33.2 Å². The number of aromatic nitrogens is 2. The summed E-state index contributed by atoms with van der Waals surface area (Å²) in [6.45, 7) is 11.0. The first-order valence-corrected chi connectivity index (χ1v) is 32.8. The number of amides is 8. The van der Waals surface area contributed by atoms with Crippen LogP contribution >= 0.6 is 0 Å². The highest BCUT2D eigenvalue weighted by Crippen LogP contribution is 2.29. The zero-order valence-corrected chi connectivity index (χ0v) is 55.8. The number of aromatic hydroxyl groups is 1.